The van der Waals surface area contributed by atoms with E-state index in [2.05, 4.69) is 38.1 Å². The standard InChI is InChI=1S/C44H51Cl2N5O5Si/c1-25-19-31(20-26(2)40(25)46)56-16-10-11-32-33-14-15-35(45)39(38-28(4)47-50(29(38)5)24-55-17-18-57(7,8)9)41(33)51-27(3)22-49(43(52)42(32)51)37-23-48(6)36-21-30(44(53)54)12-13-34(36)37/h12-15,19-21,23,27H,10-11,16-18,22,24H2,1-9H3,(H,53,54). The van der Waals surface area contributed by atoms with Crippen LogP contribution in [0.4, 0.5) is 5.69 Å². The molecular formula is C44H51Cl2N5O5Si. The molecule has 0 saturated heterocycles. The summed E-state index contributed by atoms with van der Waals surface area (Å²) in [5.74, 6) is -0.361. The predicted molar refractivity (Wildman–Crippen MR) is 233 cm³/mol. The highest BCUT2D eigenvalue weighted by molar-refractivity contribution is 6.76. The Morgan fingerprint density at radius 3 is 2.37 bits per heavy atom. The highest BCUT2D eigenvalue weighted by Crippen LogP contribution is 2.46. The van der Waals surface area contributed by atoms with Gasteiger partial charge in [-0.05, 0) is 107 Å². The molecule has 0 bridgehead atoms. The monoisotopic (exact) mass is 827 g/mol. The molecule has 0 radical (unpaired) electrons. The third kappa shape index (κ3) is 7.62. The van der Waals surface area contributed by atoms with Gasteiger partial charge < -0.3 is 28.6 Å². The second-order valence-corrected chi connectivity index (χ2v) is 23.1. The number of fused-ring (bicyclic) bond motifs is 4. The first kappa shape index (κ1) is 40.6. The van der Waals surface area contributed by atoms with Gasteiger partial charge >= 0.3 is 5.97 Å². The normalized spacial score (nSPS) is 14.6. The maximum absolute atomic E-state index is 15.1. The fourth-order valence-corrected chi connectivity index (χ4v) is 9.34. The number of aromatic nitrogens is 4. The first-order valence-corrected chi connectivity index (χ1v) is 23.9. The molecule has 10 nitrogen and oxygen atoms in total. The summed E-state index contributed by atoms with van der Waals surface area (Å²) in [7, 11) is 0.620. The SMILES string of the molecule is Cc1cc(OCCCc2c3n(c4c(-c5c(C)nn(COCC[Si](C)(C)C)c5C)c(Cl)ccc24)C(C)CN(c2cn(C)c4cc(C(=O)O)ccc24)C3=O)cc(C)c1Cl. The molecule has 3 aromatic heterocycles. The van der Waals surface area contributed by atoms with Gasteiger partial charge in [0, 0.05) is 73.1 Å². The fourth-order valence-electron chi connectivity index (χ4n) is 8.23. The maximum Gasteiger partial charge on any atom is 0.335 e. The average molecular weight is 829 g/mol. The number of carboxylic acids is 1. The molecule has 1 unspecified atom stereocenters. The Morgan fingerprint density at radius 1 is 0.982 bits per heavy atom. The van der Waals surface area contributed by atoms with Gasteiger partial charge in [0.2, 0.25) is 0 Å². The van der Waals surface area contributed by atoms with Crippen LogP contribution in [0.25, 0.3) is 32.9 Å². The van der Waals surface area contributed by atoms with E-state index in [0.717, 1.165) is 83.5 Å². The number of halogens is 2. The molecular weight excluding hydrogens is 778 g/mol. The number of hydrogen-bond donors (Lipinski definition) is 1. The van der Waals surface area contributed by atoms with Crippen LogP contribution in [0.2, 0.25) is 35.7 Å². The molecule has 1 atom stereocenters. The number of amides is 1. The first-order chi connectivity index (χ1) is 27.0. The number of anilines is 1. The van der Waals surface area contributed by atoms with Crippen molar-refractivity contribution < 1.29 is 24.2 Å². The highest BCUT2D eigenvalue weighted by Gasteiger charge is 2.38. The Labute approximate surface area is 344 Å². The first-order valence-electron chi connectivity index (χ1n) is 19.5. The van der Waals surface area contributed by atoms with Crippen molar-refractivity contribution in [2.24, 2.45) is 7.05 Å². The van der Waals surface area contributed by atoms with E-state index in [1.165, 1.54) is 0 Å². The minimum atomic E-state index is -1.25. The molecule has 3 aromatic carbocycles. The van der Waals surface area contributed by atoms with Crippen molar-refractivity contribution in [2.75, 3.05) is 24.7 Å². The van der Waals surface area contributed by atoms with Crippen LogP contribution in [0.15, 0.2) is 48.7 Å². The Balaban J connectivity index is 1.33. The largest absolute Gasteiger partial charge is 0.494 e. The zero-order valence-electron chi connectivity index (χ0n) is 34.2. The Morgan fingerprint density at radius 2 is 1.68 bits per heavy atom. The minimum Gasteiger partial charge on any atom is -0.494 e. The molecule has 0 fully saturated rings. The smallest absolute Gasteiger partial charge is 0.335 e. The number of nitrogens with zero attached hydrogens (tertiary/aromatic N) is 5. The minimum absolute atomic E-state index is 0.124. The van der Waals surface area contributed by atoms with Gasteiger partial charge in [-0.3, -0.25) is 4.79 Å². The van der Waals surface area contributed by atoms with Crippen LogP contribution in [-0.2, 0) is 24.9 Å². The number of aromatic carboxylic acids is 1. The number of benzene rings is 3. The second kappa shape index (κ2) is 15.7. The molecule has 13 heteroatoms. The Hall–Kier alpha value is -4.55. The van der Waals surface area contributed by atoms with Gasteiger partial charge in [-0.2, -0.15) is 5.10 Å². The van der Waals surface area contributed by atoms with Crippen LogP contribution in [0.3, 0.4) is 0 Å². The van der Waals surface area contributed by atoms with E-state index in [-0.39, 0.29) is 17.5 Å². The molecule has 0 aliphatic carbocycles. The topological polar surface area (TPSA) is 104 Å². The van der Waals surface area contributed by atoms with Crippen LogP contribution in [0.1, 0.15) is 68.3 Å². The zero-order valence-corrected chi connectivity index (χ0v) is 36.7. The zero-order chi connectivity index (χ0) is 41.1. The molecule has 1 aliphatic heterocycles. The van der Waals surface area contributed by atoms with Crippen molar-refractivity contribution in [3.8, 4) is 16.9 Å². The molecule has 4 heterocycles. The predicted octanol–water partition coefficient (Wildman–Crippen LogP) is 10.8. The van der Waals surface area contributed by atoms with Crippen molar-refractivity contribution in [3.05, 3.63) is 98.0 Å². The lowest BCUT2D eigenvalue weighted by atomic mass is 9.98. The third-order valence-corrected chi connectivity index (χ3v) is 13.8. The number of hydrogen-bond acceptors (Lipinski definition) is 5. The number of ether oxygens (including phenoxy) is 2. The van der Waals surface area contributed by atoms with Crippen molar-refractivity contribution >= 4 is 70.6 Å². The quantitative estimate of drug-likeness (QED) is 0.0918. The summed E-state index contributed by atoms with van der Waals surface area (Å²) in [6, 6.07) is 13.8. The fraction of sp³-hybridized carbons (Fsp3) is 0.386. The summed E-state index contributed by atoms with van der Waals surface area (Å²) in [4.78, 5) is 28.8. The van der Waals surface area contributed by atoms with Gasteiger partial charge in [0.25, 0.3) is 5.91 Å². The summed E-state index contributed by atoms with van der Waals surface area (Å²) >= 11 is 13.6. The van der Waals surface area contributed by atoms with E-state index in [9.17, 15) is 9.90 Å². The molecule has 6 aromatic rings. The van der Waals surface area contributed by atoms with Crippen LogP contribution in [-0.4, -0.2) is 63.7 Å². The van der Waals surface area contributed by atoms with Crippen LogP contribution >= 0.6 is 23.2 Å². The van der Waals surface area contributed by atoms with Gasteiger partial charge in [0.15, 0.2) is 0 Å². The van der Waals surface area contributed by atoms with Crippen molar-refractivity contribution in [1.82, 2.24) is 18.9 Å². The second-order valence-electron chi connectivity index (χ2n) is 16.7. The number of aryl methyl sites for hydroxylation is 5. The van der Waals surface area contributed by atoms with E-state index in [1.54, 1.807) is 18.2 Å². The van der Waals surface area contributed by atoms with E-state index < -0.39 is 14.0 Å². The van der Waals surface area contributed by atoms with Gasteiger partial charge in [-0.1, -0.05) is 48.9 Å². The Bertz CT molecular complexity index is 2540. The molecule has 1 amide bonds. The summed E-state index contributed by atoms with van der Waals surface area (Å²) in [6.07, 6.45) is 3.15. The lowest BCUT2D eigenvalue weighted by molar-refractivity contribution is 0.0696. The molecule has 0 spiro atoms. The summed E-state index contributed by atoms with van der Waals surface area (Å²) in [5, 5.41) is 17.7. The van der Waals surface area contributed by atoms with E-state index in [1.807, 2.05) is 72.4 Å². The van der Waals surface area contributed by atoms with Gasteiger partial charge in [0.1, 0.15) is 18.2 Å². The van der Waals surface area contributed by atoms with Gasteiger partial charge in [-0.25, -0.2) is 9.48 Å². The summed E-state index contributed by atoms with van der Waals surface area (Å²) < 4.78 is 18.4. The number of rotatable bonds is 13. The maximum atomic E-state index is 15.1. The molecule has 7 rings (SSSR count). The van der Waals surface area contributed by atoms with Crippen LogP contribution in [0, 0.1) is 27.7 Å². The Kier molecular flexibility index (Phi) is 11.2. The average Bonchev–Trinajstić information content (AvgIpc) is 3.76. The van der Waals surface area contributed by atoms with Crippen molar-refractivity contribution in [3.63, 3.8) is 0 Å². The number of carbonyl (C=O) groups is 2. The summed E-state index contributed by atoms with van der Waals surface area (Å²) in [5.41, 5.74) is 9.62. The van der Waals surface area contributed by atoms with E-state index in [0.29, 0.717) is 50.0 Å². The van der Waals surface area contributed by atoms with Gasteiger partial charge in [-0.15, -0.1) is 0 Å². The number of carboxylic acid groups (broad SMARTS) is 1. The lowest BCUT2D eigenvalue weighted by Gasteiger charge is -2.34. The van der Waals surface area contributed by atoms with E-state index >= 15 is 4.79 Å². The third-order valence-electron chi connectivity index (χ3n) is 11.2. The molecule has 1 N–H and O–H groups in total. The molecule has 300 valence electrons. The lowest BCUT2D eigenvalue weighted by Crippen LogP contribution is -2.42. The van der Waals surface area contributed by atoms with Crippen molar-refractivity contribution in [2.45, 2.75) is 85.9 Å². The molecule has 1 aliphatic rings. The van der Waals surface area contributed by atoms with Crippen LogP contribution in [0.5, 0.6) is 5.75 Å². The highest BCUT2D eigenvalue weighted by atomic mass is 35.5. The van der Waals surface area contributed by atoms with Gasteiger partial charge in [0.05, 0.1) is 39.6 Å². The summed E-state index contributed by atoms with van der Waals surface area (Å²) in [6.45, 7) is 19.0. The molecule has 0 saturated carbocycles. The molecule has 57 heavy (non-hydrogen) atoms. The van der Waals surface area contributed by atoms with Crippen molar-refractivity contribution in [1.29, 1.82) is 0 Å². The number of carbonyl (C=O) groups excluding carboxylic acids is 1. The van der Waals surface area contributed by atoms with Crippen LogP contribution < -0.4 is 9.64 Å². The van der Waals surface area contributed by atoms with E-state index in [4.69, 9.17) is 37.8 Å².